The maximum Gasteiger partial charge on any atom is 0.507 e. The van der Waals surface area contributed by atoms with Crippen LogP contribution in [-0.2, 0) is 0 Å². The van der Waals surface area contributed by atoms with Crippen molar-refractivity contribution in [3.05, 3.63) is 12.3 Å². The molecule has 5 heteroatoms. The van der Waals surface area contributed by atoms with Gasteiger partial charge in [-0.1, -0.05) is 0 Å². The molecule has 0 saturated carbocycles. The Hall–Kier alpha value is -0.805. The van der Waals surface area contributed by atoms with E-state index < -0.39 is 7.12 Å². The molecule has 0 bridgehead atoms. The Morgan fingerprint density at radius 2 is 2.12 bits per heavy atom. The van der Waals surface area contributed by atoms with E-state index >= 15 is 0 Å². The lowest BCUT2D eigenvalue weighted by molar-refractivity contribution is 0.430. The highest BCUT2D eigenvalue weighted by Gasteiger charge is 2.09. The lowest BCUT2D eigenvalue weighted by Gasteiger charge is -1.89. The monoisotopic (exact) mass is 114 g/mol. The second kappa shape index (κ2) is 3.23. The third-order valence-corrected chi connectivity index (χ3v) is 0.554. The van der Waals surface area contributed by atoms with Crippen LogP contribution in [0.25, 0.3) is 0 Å². The van der Waals surface area contributed by atoms with Gasteiger partial charge in [-0.25, -0.2) is 0 Å². The van der Waals surface area contributed by atoms with Crippen molar-refractivity contribution < 1.29 is 10.0 Å². The van der Waals surface area contributed by atoms with E-state index in [1.54, 1.807) is 0 Å². The summed E-state index contributed by atoms with van der Waals surface area (Å²) in [7, 11) is -1.71. The predicted octanol–water partition coefficient (Wildman–Crippen LogP) is -1.51. The van der Waals surface area contributed by atoms with Crippen molar-refractivity contribution in [1.29, 1.82) is 5.41 Å². The first kappa shape index (κ1) is 7.19. The first-order chi connectivity index (χ1) is 3.68. The summed E-state index contributed by atoms with van der Waals surface area (Å²) >= 11 is 0. The van der Waals surface area contributed by atoms with Gasteiger partial charge >= 0.3 is 7.12 Å². The summed E-state index contributed by atoms with van der Waals surface area (Å²) in [5, 5.41) is 23.0. The maximum absolute atomic E-state index is 8.18. The number of hydrogen-bond acceptors (Lipinski definition) is 4. The minimum Gasteiger partial charge on any atom is -0.422 e. The number of nitrogens with two attached hydrogens (primary N) is 1. The molecular weight excluding hydrogens is 107 g/mol. The van der Waals surface area contributed by atoms with Gasteiger partial charge in [-0.2, -0.15) is 0 Å². The van der Waals surface area contributed by atoms with Crippen molar-refractivity contribution in [2.75, 3.05) is 0 Å². The SMILES string of the molecule is N=C(C=CN)B(O)O. The highest BCUT2D eigenvalue weighted by atomic mass is 16.4. The fourth-order valence-electron chi connectivity index (χ4n) is 0.190. The summed E-state index contributed by atoms with van der Waals surface area (Å²) in [6.07, 6.45) is 2.17. The fraction of sp³-hybridized carbons (Fsp3) is 0. The Labute approximate surface area is 47.3 Å². The number of hydrogen-bond donors (Lipinski definition) is 4. The van der Waals surface area contributed by atoms with E-state index in [-0.39, 0.29) is 5.61 Å². The molecule has 8 heavy (non-hydrogen) atoms. The summed E-state index contributed by atoms with van der Waals surface area (Å²) in [5.74, 6) is 0. The van der Waals surface area contributed by atoms with Crippen LogP contribution < -0.4 is 5.73 Å². The van der Waals surface area contributed by atoms with Crippen LogP contribution in [0.5, 0.6) is 0 Å². The summed E-state index contributed by atoms with van der Waals surface area (Å²) in [5.41, 5.74) is 4.51. The van der Waals surface area contributed by atoms with Crippen molar-refractivity contribution in [1.82, 2.24) is 0 Å². The van der Waals surface area contributed by atoms with Gasteiger partial charge in [0, 0.05) is 0 Å². The molecule has 0 aromatic carbocycles. The molecule has 0 aliphatic heterocycles. The average molecular weight is 114 g/mol. The molecule has 0 saturated heterocycles. The minimum absolute atomic E-state index is 0.312. The zero-order valence-electron chi connectivity index (χ0n) is 4.20. The molecule has 5 N–H and O–H groups in total. The van der Waals surface area contributed by atoms with Crippen LogP contribution in [0, 0.1) is 5.41 Å². The quantitative estimate of drug-likeness (QED) is 0.260. The van der Waals surface area contributed by atoms with E-state index in [1.165, 1.54) is 0 Å². The molecule has 0 aliphatic rings. The Kier molecular flexibility index (Phi) is 2.90. The second-order valence-corrected chi connectivity index (χ2v) is 1.19. The summed E-state index contributed by atoms with van der Waals surface area (Å²) in [6.45, 7) is 0. The van der Waals surface area contributed by atoms with Gasteiger partial charge in [0.2, 0.25) is 0 Å². The normalized spacial score (nSPS) is 9.75. The first-order valence-electron chi connectivity index (χ1n) is 2.01. The van der Waals surface area contributed by atoms with Gasteiger partial charge in [0.15, 0.2) is 0 Å². The molecule has 4 nitrogen and oxygen atoms in total. The molecule has 0 fully saturated rings. The van der Waals surface area contributed by atoms with Crippen molar-refractivity contribution in [2.45, 2.75) is 0 Å². The zero-order valence-corrected chi connectivity index (χ0v) is 4.20. The summed E-state index contributed by atoms with van der Waals surface area (Å²) < 4.78 is 0. The largest absolute Gasteiger partial charge is 0.507 e. The van der Waals surface area contributed by atoms with Crippen LogP contribution >= 0.6 is 0 Å². The molecule has 0 heterocycles. The van der Waals surface area contributed by atoms with Crippen molar-refractivity contribution in [3.8, 4) is 0 Å². The van der Waals surface area contributed by atoms with Gasteiger partial charge in [0.05, 0.1) is 5.61 Å². The molecular formula is C3H7BN2O2. The maximum atomic E-state index is 8.18. The van der Waals surface area contributed by atoms with Crippen LogP contribution in [0.3, 0.4) is 0 Å². The Morgan fingerprint density at radius 1 is 1.62 bits per heavy atom. The highest BCUT2D eigenvalue weighted by molar-refractivity contribution is 6.81. The van der Waals surface area contributed by atoms with Crippen molar-refractivity contribution in [2.24, 2.45) is 5.73 Å². The van der Waals surface area contributed by atoms with Gasteiger partial charge in [0.1, 0.15) is 0 Å². The first-order valence-corrected chi connectivity index (χ1v) is 2.01. The standard InChI is InChI=1S/C3H7BN2O2/c5-2-1-3(6)4(7)8/h1-2,6-8H,5H2. The number of nitrogens with one attached hydrogen (secondary N) is 1. The molecule has 0 amide bonds. The van der Waals surface area contributed by atoms with E-state index in [0.29, 0.717) is 0 Å². The Balaban J connectivity index is 3.66. The molecule has 0 aliphatic carbocycles. The third kappa shape index (κ3) is 2.38. The van der Waals surface area contributed by atoms with Gasteiger partial charge in [-0.3, -0.25) is 0 Å². The molecule has 0 radical (unpaired) electrons. The Morgan fingerprint density at radius 3 is 2.25 bits per heavy atom. The van der Waals surface area contributed by atoms with E-state index in [9.17, 15) is 0 Å². The van der Waals surface area contributed by atoms with E-state index in [0.717, 1.165) is 12.3 Å². The van der Waals surface area contributed by atoms with Gasteiger partial charge in [-0.15, -0.1) is 0 Å². The highest BCUT2D eigenvalue weighted by Crippen LogP contribution is 1.75. The van der Waals surface area contributed by atoms with Crippen LogP contribution in [0.2, 0.25) is 0 Å². The second-order valence-electron chi connectivity index (χ2n) is 1.19. The van der Waals surface area contributed by atoms with Gasteiger partial charge in [-0.05, 0) is 12.3 Å². The smallest absolute Gasteiger partial charge is 0.422 e. The third-order valence-electron chi connectivity index (χ3n) is 0.554. The number of allylic oxidation sites excluding steroid dienone is 1. The van der Waals surface area contributed by atoms with Crippen LogP contribution in [0.15, 0.2) is 12.3 Å². The minimum atomic E-state index is -1.71. The molecule has 0 aromatic heterocycles. The Bertz CT molecular complexity index is 112. The van der Waals surface area contributed by atoms with E-state index in [2.05, 4.69) is 0 Å². The fourth-order valence-corrected chi connectivity index (χ4v) is 0.190. The van der Waals surface area contributed by atoms with E-state index in [1.807, 2.05) is 0 Å². The summed E-state index contributed by atoms with van der Waals surface area (Å²) in [4.78, 5) is 0. The lowest BCUT2D eigenvalue weighted by atomic mass is 9.84. The van der Waals surface area contributed by atoms with Crippen molar-refractivity contribution in [3.63, 3.8) is 0 Å². The van der Waals surface area contributed by atoms with Gasteiger partial charge in [0.25, 0.3) is 0 Å². The van der Waals surface area contributed by atoms with Crippen LogP contribution in [0.4, 0.5) is 0 Å². The summed E-state index contributed by atoms with van der Waals surface area (Å²) in [6, 6.07) is 0. The van der Waals surface area contributed by atoms with E-state index in [4.69, 9.17) is 21.2 Å². The van der Waals surface area contributed by atoms with Crippen LogP contribution in [0.1, 0.15) is 0 Å². The molecule has 44 valence electrons. The van der Waals surface area contributed by atoms with Gasteiger partial charge < -0.3 is 21.2 Å². The topological polar surface area (TPSA) is 90.3 Å². The molecule has 0 spiro atoms. The van der Waals surface area contributed by atoms with Crippen molar-refractivity contribution >= 4 is 12.7 Å². The molecule has 0 unspecified atom stereocenters. The molecule has 0 atom stereocenters. The zero-order chi connectivity index (χ0) is 6.57. The molecule has 0 rings (SSSR count). The predicted molar refractivity (Wildman–Crippen MR) is 31.2 cm³/mol. The van der Waals surface area contributed by atoms with Crippen LogP contribution in [-0.4, -0.2) is 22.8 Å². The lowest BCUT2D eigenvalue weighted by Crippen LogP contribution is -2.22. The molecule has 0 aromatic rings. The number of rotatable bonds is 2. The average Bonchev–Trinajstić information content (AvgIpc) is 1.67.